The zero-order valence-electron chi connectivity index (χ0n) is 14.6. The van der Waals surface area contributed by atoms with Gasteiger partial charge in [-0.2, -0.15) is 0 Å². The van der Waals surface area contributed by atoms with Gasteiger partial charge in [0.15, 0.2) is 6.61 Å². The second kappa shape index (κ2) is 11.3. The van der Waals surface area contributed by atoms with Gasteiger partial charge in [-0.25, -0.2) is 4.79 Å². The normalized spacial score (nSPS) is 11.6. The summed E-state index contributed by atoms with van der Waals surface area (Å²) in [4.78, 5) is 11.0. The zero-order chi connectivity index (χ0) is 18.6. The van der Waals surface area contributed by atoms with E-state index < -0.39 is 12.1 Å². The van der Waals surface area contributed by atoms with Crippen LogP contribution in [0.2, 0.25) is 0 Å². The number of carbonyl (C=O) groups is 1. The number of methoxy groups -OCH3 is 1. The number of aliphatic hydroxyl groups excluding tert-OH is 1. The van der Waals surface area contributed by atoms with Crippen LogP contribution in [0.15, 0.2) is 41.1 Å². The standard InChI is InChI=1S/C18H23NO6S/c1-22-18(21)12-25-16-4-2-15(3-5-16)23-8-7-19-10-14(20)11-24-17-6-9-26-13-17/h2-6,9,13-14,19-20H,7-8,10-12H2,1H3/t14-/m0/s1. The SMILES string of the molecule is COC(=O)COc1ccc(OCCNC[C@H](O)COc2ccsc2)cc1. The van der Waals surface area contributed by atoms with Crippen molar-refractivity contribution in [2.75, 3.05) is 40.0 Å². The number of nitrogens with one attached hydrogen (secondary N) is 1. The van der Waals surface area contributed by atoms with E-state index in [0.717, 1.165) is 5.75 Å². The van der Waals surface area contributed by atoms with Crippen molar-refractivity contribution in [3.05, 3.63) is 41.1 Å². The van der Waals surface area contributed by atoms with Gasteiger partial charge in [0.1, 0.15) is 36.6 Å². The van der Waals surface area contributed by atoms with Crippen molar-refractivity contribution in [2.45, 2.75) is 6.10 Å². The summed E-state index contributed by atoms with van der Waals surface area (Å²) in [5, 5.41) is 16.8. The Balaban J connectivity index is 1.54. The number of carbonyl (C=O) groups excluding carboxylic acids is 1. The number of hydrogen-bond donors (Lipinski definition) is 2. The number of esters is 1. The van der Waals surface area contributed by atoms with Gasteiger partial charge in [0.05, 0.1) is 7.11 Å². The molecule has 1 atom stereocenters. The Bertz CT molecular complexity index is 632. The number of aliphatic hydroxyl groups is 1. The van der Waals surface area contributed by atoms with Crippen molar-refractivity contribution in [1.82, 2.24) is 5.32 Å². The van der Waals surface area contributed by atoms with E-state index in [-0.39, 0.29) is 13.2 Å². The molecule has 0 bridgehead atoms. The lowest BCUT2D eigenvalue weighted by Crippen LogP contribution is -2.33. The Morgan fingerprint density at radius 1 is 1.12 bits per heavy atom. The molecule has 0 aliphatic rings. The fourth-order valence-corrected chi connectivity index (χ4v) is 2.50. The predicted molar refractivity (Wildman–Crippen MR) is 98.1 cm³/mol. The maximum Gasteiger partial charge on any atom is 0.343 e. The number of hydrogen-bond acceptors (Lipinski definition) is 8. The second-order valence-electron chi connectivity index (χ2n) is 5.31. The van der Waals surface area contributed by atoms with Crippen LogP contribution in [0.25, 0.3) is 0 Å². The highest BCUT2D eigenvalue weighted by Gasteiger charge is 2.05. The van der Waals surface area contributed by atoms with Gasteiger partial charge in [0.2, 0.25) is 0 Å². The molecule has 0 spiro atoms. The van der Waals surface area contributed by atoms with Gasteiger partial charge in [0.25, 0.3) is 0 Å². The number of benzene rings is 1. The van der Waals surface area contributed by atoms with E-state index in [0.29, 0.717) is 31.2 Å². The molecule has 0 radical (unpaired) electrons. The van der Waals surface area contributed by atoms with Gasteiger partial charge < -0.3 is 29.4 Å². The van der Waals surface area contributed by atoms with E-state index in [2.05, 4.69) is 10.1 Å². The lowest BCUT2D eigenvalue weighted by atomic mass is 10.3. The lowest BCUT2D eigenvalue weighted by molar-refractivity contribution is -0.142. The van der Waals surface area contributed by atoms with E-state index in [1.54, 1.807) is 35.6 Å². The molecule has 2 aromatic rings. The molecule has 0 aliphatic heterocycles. The minimum absolute atomic E-state index is 0.126. The summed E-state index contributed by atoms with van der Waals surface area (Å²) in [6, 6.07) is 8.82. The molecule has 2 N–H and O–H groups in total. The lowest BCUT2D eigenvalue weighted by Gasteiger charge is -2.13. The summed E-state index contributed by atoms with van der Waals surface area (Å²) in [6.07, 6.45) is -0.582. The fraction of sp³-hybridized carbons (Fsp3) is 0.389. The maximum atomic E-state index is 11.0. The monoisotopic (exact) mass is 381 g/mol. The molecule has 0 saturated heterocycles. The molecular weight excluding hydrogens is 358 g/mol. The first-order chi connectivity index (χ1) is 12.7. The summed E-state index contributed by atoms with van der Waals surface area (Å²) in [7, 11) is 1.31. The molecule has 1 heterocycles. The van der Waals surface area contributed by atoms with Crippen LogP contribution in [-0.4, -0.2) is 57.2 Å². The first-order valence-corrected chi connectivity index (χ1v) is 9.08. The summed E-state index contributed by atoms with van der Waals surface area (Å²) in [6.45, 7) is 1.60. The highest BCUT2D eigenvalue weighted by atomic mass is 32.1. The van der Waals surface area contributed by atoms with Crippen molar-refractivity contribution in [3.63, 3.8) is 0 Å². The molecule has 0 aliphatic carbocycles. The van der Waals surface area contributed by atoms with Crippen molar-refractivity contribution >= 4 is 17.3 Å². The third-order valence-electron chi connectivity index (χ3n) is 3.27. The van der Waals surface area contributed by atoms with Crippen LogP contribution in [0.1, 0.15) is 0 Å². The van der Waals surface area contributed by atoms with Gasteiger partial charge in [-0.15, -0.1) is 11.3 Å². The predicted octanol–water partition coefficient (Wildman–Crippen LogP) is 1.71. The Morgan fingerprint density at radius 3 is 2.50 bits per heavy atom. The number of ether oxygens (including phenoxy) is 4. The quantitative estimate of drug-likeness (QED) is 0.428. The molecule has 1 aromatic heterocycles. The largest absolute Gasteiger partial charge is 0.492 e. The summed E-state index contributed by atoms with van der Waals surface area (Å²) in [5.74, 6) is 1.60. The van der Waals surface area contributed by atoms with Crippen molar-refractivity contribution in [2.24, 2.45) is 0 Å². The molecule has 8 heteroatoms. The van der Waals surface area contributed by atoms with Gasteiger partial charge in [0, 0.05) is 18.5 Å². The van der Waals surface area contributed by atoms with Crippen molar-refractivity contribution in [1.29, 1.82) is 0 Å². The van der Waals surface area contributed by atoms with Crippen LogP contribution in [0.5, 0.6) is 17.2 Å². The van der Waals surface area contributed by atoms with Crippen molar-refractivity contribution in [3.8, 4) is 17.2 Å². The Labute approximate surface area is 156 Å². The highest BCUT2D eigenvalue weighted by molar-refractivity contribution is 7.08. The number of thiophene rings is 1. The molecule has 1 aromatic carbocycles. The van der Waals surface area contributed by atoms with E-state index >= 15 is 0 Å². The van der Waals surface area contributed by atoms with Crippen LogP contribution in [-0.2, 0) is 9.53 Å². The van der Waals surface area contributed by atoms with Gasteiger partial charge in [-0.1, -0.05) is 0 Å². The molecule has 0 saturated carbocycles. The van der Waals surface area contributed by atoms with E-state index in [1.165, 1.54) is 7.11 Å². The molecule has 2 rings (SSSR count). The van der Waals surface area contributed by atoms with Crippen LogP contribution in [0, 0.1) is 0 Å². The minimum atomic E-state index is -0.582. The third-order valence-corrected chi connectivity index (χ3v) is 3.93. The highest BCUT2D eigenvalue weighted by Crippen LogP contribution is 2.17. The maximum absolute atomic E-state index is 11.0. The first-order valence-electron chi connectivity index (χ1n) is 8.13. The summed E-state index contributed by atoms with van der Waals surface area (Å²) >= 11 is 1.55. The fourth-order valence-electron chi connectivity index (χ4n) is 1.93. The molecule has 142 valence electrons. The summed E-state index contributed by atoms with van der Waals surface area (Å²) in [5.41, 5.74) is 0. The molecule has 7 nitrogen and oxygen atoms in total. The van der Waals surface area contributed by atoms with Crippen LogP contribution >= 0.6 is 11.3 Å². The topological polar surface area (TPSA) is 86.3 Å². The van der Waals surface area contributed by atoms with Crippen molar-refractivity contribution < 1.29 is 28.8 Å². The van der Waals surface area contributed by atoms with Gasteiger partial charge >= 0.3 is 5.97 Å². The van der Waals surface area contributed by atoms with Crippen LogP contribution in [0.3, 0.4) is 0 Å². The smallest absolute Gasteiger partial charge is 0.343 e. The van der Waals surface area contributed by atoms with E-state index in [9.17, 15) is 9.90 Å². The van der Waals surface area contributed by atoms with Gasteiger partial charge in [-0.05, 0) is 35.7 Å². The molecular formula is C18H23NO6S. The average Bonchev–Trinajstić information content (AvgIpc) is 3.18. The summed E-state index contributed by atoms with van der Waals surface area (Å²) < 4.78 is 20.8. The van der Waals surface area contributed by atoms with Gasteiger partial charge in [-0.3, -0.25) is 0 Å². The Kier molecular flexibility index (Phi) is 8.74. The van der Waals surface area contributed by atoms with E-state index in [4.69, 9.17) is 14.2 Å². The Hall–Kier alpha value is -2.29. The number of rotatable bonds is 12. The first kappa shape index (κ1) is 20.0. The minimum Gasteiger partial charge on any atom is -0.492 e. The average molecular weight is 381 g/mol. The molecule has 26 heavy (non-hydrogen) atoms. The van der Waals surface area contributed by atoms with Crippen LogP contribution < -0.4 is 19.5 Å². The zero-order valence-corrected chi connectivity index (χ0v) is 15.4. The third kappa shape index (κ3) is 7.73. The molecule has 0 amide bonds. The van der Waals surface area contributed by atoms with E-state index in [1.807, 2.05) is 16.8 Å². The van der Waals surface area contributed by atoms with Crippen LogP contribution in [0.4, 0.5) is 0 Å². The molecule has 0 unspecified atom stereocenters. The second-order valence-corrected chi connectivity index (χ2v) is 6.09. The molecule has 0 fully saturated rings. The Morgan fingerprint density at radius 2 is 1.85 bits per heavy atom.